The molecule has 5 heteroatoms. The number of aliphatic hydroxyl groups is 1. The van der Waals surface area contributed by atoms with E-state index < -0.39 is 5.41 Å². The van der Waals surface area contributed by atoms with Gasteiger partial charge in [-0.25, -0.2) is 0 Å². The maximum Gasteiger partial charge on any atom is 0.155 e. The Bertz CT molecular complexity index is 1980. The van der Waals surface area contributed by atoms with Crippen molar-refractivity contribution in [2.24, 2.45) is 0 Å². The van der Waals surface area contributed by atoms with E-state index in [9.17, 15) is 4.79 Å². The maximum absolute atomic E-state index is 10.0. The van der Waals surface area contributed by atoms with Crippen LogP contribution in [0.4, 0.5) is 0 Å². The predicted octanol–water partition coefficient (Wildman–Crippen LogP) is 8.72. The molecule has 0 amide bonds. The zero-order valence-corrected chi connectivity index (χ0v) is 26.7. The van der Waals surface area contributed by atoms with Gasteiger partial charge in [0, 0.05) is 43.5 Å². The number of aromatic nitrogens is 2. The summed E-state index contributed by atoms with van der Waals surface area (Å²) in [6.45, 7) is 2.85. The van der Waals surface area contributed by atoms with Gasteiger partial charge in [0.15, 0.2) is 5.78 Å². The minimum atomic E-state index is -0.467. The number of fused-ring (bicyclic) bond motifs is 10. The summed E-state index contributed by atoms with van der Waals surface area (Å²) in [7, 11) is 0. The number of rotatable bonds is 3. The molecule has 0 saturated heterocycles. The van der Waals surface area contributed by atoms with Crippen LogP contribution in [0.5, 0.6) is 0 Å². The van der Waals surface area contributed by atoms with Crippen LogP contribution in [0.3, 0.4) is 0 Å². The number of benzene rings is 4. The smallest absolute Gasteiger partial charge is 0.155 e. The SMILES string of the molecule is CC(=O)/C=C(/C)O.[Ir].[c-]1c2c(n(-c3ccccc3)c1-c1ccccc1)C1(c3ccccc3-c3ccccc31)c1cccnc1-2. The van der Waals surface area contributed by atoms with Crippen LogP contribution >= 0.6 is 0 Å². The van der Waals surface area contributed by atoms with Crippen molar-refractivity contribution in [1.29, 1.82) is 0 Å². The molecule has 1 radical (unpaired) electrons. The molecule has 0 bridgehead atoms. The molecule has 0 aliphatic heterocycles. The molecule has 4 aromatic carbocycles. The van der Waals surface area contributed by atoms with E-state index in [-0.39, 0.29) is 31.6 Å². The molecule has 2 heterocycles. The molecule has 0 fully saturated rings. The first-order valence-corrected chi connectivity index (χ1v) is 14.3. The topological polar surface area (TPSA) is 55.1 Å². The maximum atomic E-state index is 10.0. The predicted molar refractivity (Wildman–Crippen MR) is 171 cm³/mol. The van der Waals surface area contributed by atoms with Gasteiger partial charge in [0.05, 0.1) is 5.76 Å². The molecule has 0 atom stereocenters. The normalized spacial score (nSPS) is 13.1. The van der Waals surface area contributed by atoms with E-state index in [1.807, 2.05) is 6.20 Å². The van der Waals surface area contributed by atoms with Crippen molar-refractivity contribution in [2.75, 3.05) is 0 Å². The number of ketones is 1. The van der Waals surface area contributed by atoms with Crippen molar-refractivity contribution < 1.29 is 30.0 Å². The van der Waals surface area contributed by atoms with Gasteiger partial charge in [0.1, 0.15) is 0 Å². The fourth-order valence-corrected chi connectivity index (χ4v) is 6.73. The van der Waals surface area contributed by atoms with Crippen molar-refractivity contribution in [1.82, 2.24) is 9.55 Å². The molecule has 217 valence electrons. The molecule has 2 aliphatic rings. The standard InChI is InChI=1S/C34H21N2.C5H8O2.Ir/c1-3-12-23(13-4-1)31-22-27-32-30(20-11-21-35-32)34(33(27)36(31)24-14-5-2-6-15-24)28-18-9-7-16-25(28)26-17-8-10-19-29(26)34;1-4(6)3-5(2)7;/h1-21H;3,6H,1-2H3;/q-1;;/b;4-3-;. The van der Waals surface area contributed by atoms with Gasteiger partial charge in [-0.3, -0.25) is 4.79 Å². The summed E-state index contributed by atoms with van der Waals surface area (Å²) in [5.74, 6) is -0.0625. The molecule has 44 heavy (non-hydrogen) atoms. The van der Waals surface area contributed by atoms with E-state index in [0.29, 0.717) is 0 Å². The second-order valence-corrected chi connectivity index (χ2v) is 10.9. The summed E-state index contributed by atoms with van der Waals surface area (Å²) in [5.41, 5.74) is 12.6. The second-order valence-electron chi connectivity index (χ2n) is 10.9. The van der Waals surface area contributed by atoms with Gasteiger partial charge in [-0.2, -0.15) is 0 Å². The van der Waals surface area contributed by atoms with Gasteiger partial charge in [-0.05, 0) is 71.4 Å². The summed E-state index contributed by atoms with van der Waals surface area (Å²) in [5, 5.41) is 8.36. The largest absolute Gasteiger partial charge is 0.512 e. The summed E-state index contributed by atoms with van der Waals surface area (Å²) in [6, 6.07) is 47.2. The van der Waals surface area contributed by atoms with Gasteiger partial charge >= 0.3 is 0 Å². The van der Waals surface area contributed by atoms with Crippen molar-refractivity contribution in [3.8, 4) is 39.3 Å². The number of aliphatic hydroxyl groups excluding tert-OH is 1. The van der Waals surface area contributed by atoms with E-state index in [1.54, 1.807) is 0 Å². The Morgan fingerprint density at radius 3 is 1.86 bits per heavy atom. The van der Waals surface area contributed by atoms with Crippen molar-refractivity contribution >= 4 is 5.78 Å². The van der Waals surface area contributed by atoms with Crippen LogP contribution in [0.2, 0.25) is 0 Å². The van der Waals surface area contributed by atoms with E-state index in [0.717, 1.165) is 28.2 Å². The first-order valence-electron chi connectivity index (χ1n) is 14.3. The Balaban J connectivity index is 0.000000388. The molecule has 2 aromatic heterocycles. The van der Waals surface area contributed by atoms with Crippen molar-refractivity contribution in [3.05, 3.63) is 168 Å². The number of carbonyl (C=O) groups is 1. The van der Waals surface area contributed by atoms with Crippen LogP contribution in [-0.4, -0.2) is 20.4 Å². The number of hydrogen-bond donors (Lipinski definition) is 1. The molecular formula is C39H29IrN2O2-. The fraction of sp³-hybridized carbons (Fsp3) is 0.0769. The van der Waals surface area contributed by atoms with Crippen LogP contribution in [0, 0.1) is 6.07 Å². The van der Waals surface area contributed by atoms with Gasteiger partial charge in [-0.15, -0.1) is 11.6 Å². The summed E-state index contributed by atoms with van der Waals surface area (Å²) >= 11 is 0. The third kappa shape index (κ3) is 4.48. The first-order chi connectivity index (χ1) is 21.0. The molecule has 0 unspecified atom stereocenters. The van der Waals surface area contributed by atoms with Gasteiger partial charge in [0.25, 0.3) is 0 Å². The minimum Gasteiger partial charge on any atom is -0.512 e. The number of allylic oxidation sites excluding steroid dienone is 2. The molecule has 4 nitrogen and oxygen atoms in total. The second kappa shape index (κ2) is 11.7. The minimum absolute atomic E-state index is 0. The Labute approximate surface area is 270 Å². The van der Waals surface area contributed by atoms with Gasteiger partial charge < -0.3 is 14.7 Å². The number of carbonyl (C=O) groups excluding carboxylic acids is 1. The van der Waals surface area contributed by atoms with E-state index in [1.165, 1.54) is 53.4 Å². The van der Waals surface area contributed by atoms with E-state index in [4.69, 9.17) is 10.1 Å². The zero-order chi connectivity index (χ0) is 29.6. The van der Waals surface area contributed by atoms with E-state index >= 15 is 0 Å². The van der Waals surface area contributed by atoms with Crippen LogP contribution in [0.1, 0.15) is 36.2 Å². The molecule has 8 rings (SSSR count). The average Bonchev–Trinajstić information content (AvgIpc) is 3.66. The Morgan fingerprint density at radius 2 is 1.30 bits per heavy atom. The van der Waals surface area contributed by atoms with Crippen molar-refractivity contribution in [2.45, 2.75) is 19.3 Å². The molecular weight excluding hydrogens is 721 g/mol. The Morgan fingerprint density at radius 1 is 0.750 bits per heavy atom. The van der Waals surface area contributed by atoms with Gasteiger partial charge in [-0.1, -0.05) is 114 Å². The molecule has 6 aromatic rings. The van der Waals surface area contributed by atoms with Gasteiger partial charge in [0.2, 0.25) is 0 Å². The third-order valence-corrected chi connectivity index (χ3v) is 8.16. The van der Waals surface area contributed by atoms with Crippen LogP contribution < -0.4 is 0 Å². The first kappa shape index (κ1) is 29.3. The third-order valence-electron chi connectivity index (χ3n) is 8.16. The van der Waals surface area contributed by atoms with E-state index in [2.05, 4.69) is 132 Å². The molecule has 0 saturated carbocycles. The van der Waals surface area contributed by atoms with Crippen LogP contribution in [0.25, 0.3) is 39.3 Å². The number of pyridine rings is 1. The Hall–Kier alpha value is -4.83. The monoisotopic (exact) mass is 750 g/mol. The molecule has 1 N–H and O–H groups in total. The summed E-state index contributed by atoms with van der Waals surface area (Å²) in [6.07, 6.45) is 3.07. The zero-order valence-electron chi connectivity index (χ0n) is 24.3. The Kier molecular flexibility index (Phi) is 7.77. The number of para-hydroxylation sites is 1. The molecule has 1 spiro atoms. The van der Waals surface area contributed by atoms with Crippen LogP contribution in [-0.2, 0) is 30.3 Å². The van der Waals surface area contributed by atoms with Crippen LogP contribution in [0.15, 0.2) is 139 Å². The average molecular weight is 750 g/mol. The molecule has 2 aliphatic carbocycles. The summed E-state index contributed by atoms with van der Waals surface area (Å²) < 4.78 is 2.42. The fourth-order valence-electron chi connectivity index (χ4n) is 6.73. The quantitative estimate of drug-likeness (QED) is 0.112. The number of nitrogens with zero attached hydrogens (tertiary/aromatic N) is 2. The van der Waals surface area contributed by atoms with Crippen molar-refractivity contribution in [3.63, 3.8) is 0 Å². The summed E-state index contributed by atoms with van der Waals surface area (Å²) in [4.78, 5) is 15.0. The number of hydrogen-bond acceptors (Lipinski definition) is 3.